The van der Waals surface area contributed by atoms with E-state index in [4.69, 9.17) is 0 Å². The summed E-state index contributed by atoms with van der Waals surface area (Å²) in [7, 11) is 0. The fourth-order valence-corrected chi connectivity index (χ4v) is 0.777. The third-order valence-electron chi connectivity index (χ3n) is 1.27. The Labute approximate surface area is 70.5 Å². The lowest BCUT2D eigenvalue weighted by Crippen LogP contribution is -1.96. The van der Waals surface area contributed by atoms with Gasteiger partial charge < -0.3 is 0 Å². The second kappa shape index (κ2) is 3.75. The third kappa shape index (κ3) is 1.39. The van der Waals surface area contributed by atoms with E-state index in [0.717, 1.165) is 5.69 Å². The molecule has 2 heterocycles. The molecule has 64 valence electrons. The fraction of sp³-hybridized carbons (Fsp3) is 0.429. The summed E-state index contributed by atoms with van der Waals surface area (Å²) in [6.07, 6.45) is 2.91. The molecule has 2 rings (SSSR count). The molecular weight excluding hydrogens is 154 g/mol. The Hall–Kier alpha value is -1.52. The van der Waals surface area contributed by atoms with E-state index in [0.29, 0.717) is 5.65 Å². The van der Waals surface area contributed by atoms with Gasteiger partial charge in [0.15, 0.2) is 5.65 Å². The topological polar surface area (TPSA) is 56.0 Å². The average molecular weight is 165 g/mol. The summed E-state index contributed by atoms with van der Waals surface area (Å²) in [5.74, 6) is 0. The largest absolute Gasteiger partial charge is 0.236 e. The molecule has 0 N–H and O–H groups in total. The SMILES string of the molecule is CC.Cc1ncnn2ncnc12. The number of hydrogen-bond acceptors (Lipinski definition) is 4. The van der Waals surface area contributed by atoms with Gasteiger partial charge >= 0.3 is 0 Å². The van der Waals surface area contributed by atoms with Gasteiger partial charge in [0.2, 0.25) is 0 Å². The van der Waals surface area contributed by atoms with Gasteiger partial charge in [0.1, 0.15) is 12.7 Å². The Bertz CT molecular complexity index is 353. The number of hydrogen-bond donors (Lipinski definition) is 0. The second-order valence-corrected chi connectivity index (χ2v) is 1.92. The molecule has 5 nitrogen and oxygen atoms in total. The van der Waals surface area contributed by atoms with Crippen LogP contribution in [0.1, 0.15) is 19.5 Å². The Morgan fingerprint density at radius 3 is 2.25 bits per heavy atom. The van der Waals surface area contributed by atoms with Crippen LogP contribution in [0.25, 0.3) is 5.65 Å². The first-order valence-electron chi connectivity index (χ1n) is 3.85. The van der Waals surface area contributed by atoms with Gasteiger partial charge in [-0.15, -0.1) is 14.8 Å². The number of nitrogens with zero attached hydrogens (tertiary/aromatic N) is 5. The van der Waals surface area contributed by atoms with Crippen LogP contribution in [-0.4, -0.2) is 24.8 Å². The number of aryl methyl sites for hydroxylation is 1. The quantitative estimate of drug-likeness (QED) is 0.580. The van der Waals surface area contributed by atoms with Gasteiger partial charge in [-0.1, -0.05) is 13.8 Å². The highest BCUT2D eigenvalue weighted by atomic mass is 15.4. The molecule has 0 spiro atoms. The van der Waals surface area contributed by atoms with Gasteiger partial charge in [0.05, 0.1) is 5.69 Å². The van der Waals surface area contributed by atoms with E-state index in [1.54, 1.807) is 0 Å². The standard InChI is InChI=1S/C5H5N5.C2H6/c1-4-5-7-3-9-10(5)8-2-6-4;1-2/h2-3H,1H3;1-2H3. The van der Waals surface area contributed by atoms with Crippen LogP contribution in [0, 0.1) is 6.92 Å². The van der Waals surface area contributed by atoms with Crippen molar-refractivity contribution >= 4 is 5.65 Å². The van der Waals surface area contributed by atoms with Crippen LogP contribution >= 0.6 is 0 Å². The molecule has 2 aromatic rings. The van der Waals surface area contributed by atoms with E-state index >= 15 is 0 Å². The van der Waals surface area contributed by atoms with Crippen LogP contribution in [0.3, 0.4) is 0 Å². The molecule has 0 aliphatic rings. The van der Waals surface area contributed by atoms with Crippen molar-refractivity contribution in [3.8, 4) is 0 Å². The molecule has 0 saturated heterocycles. The minimum absolute atomic E-state index is 0.711. The average Bonchev–Trinajstić information content (AvgIpc) is 2.57. The lowest BCUT2D eigenvalue weighted by molar-refractivity contribution is 0.773. The maximum absolute atomic E-state index is 3.95. The zero-order valence-electron chi connectivity index (χ0n) is 7.39. The minimum Gasteiger partial charge on any atom is -0.236 e. The zero-order valence-corrected chi connectivity index (χ0v) is 7.39. The van der Waals surface area contributed by atoms with Gasteiger partial charge in [-0.05, 0) is 6.92 Å². The van der Waals surface area contributed by atoms with Crippen LogP contribution in [0.2, 0.25) is 0 Å². The van der Waals surface area contributed by atoms with Gasteiger partial charge in [-0.3, -0.25) is 0 Å². The van der Waals surface area contributed by atoms with Crippen molar-refractivity contribution in [3.05, 3.63) is 18.3 Å². The molecule has 0 aromatic carbocycles. The Morgan fingerprint density at radius 1 is 1.08 bits per heavy atom. The summed E-state index contributed by atoms with van der Waals surface area (Å²) >= 11 is 0. The summed E-state index contributed by atoms with van der Waals surface area (Å²) in [4.78, 5) is 7.89. The highest BCUT2D eigenvalue weighted by molar-refractivity contribution is 5.38. The van der Waals surface area contributed by atoms with E-state index in [1.165, 1.54) is 17.3 Å². The number of rotatable bonds is 0. The fourth-order valence-electron chi connectivity index (χ4n) is 0.777. The molecule has 5 heteroatoms. The Morgan fingerprint density at radius 2 is 1.67 bits per heavy atom. The predicted molar refractivity (Wildman–Crippen MR) is 44.7 cm³/mol. The summed E-state index contributed by atoms with van der Waals surface area (Å²) in [5, 5.41) is 7.67. The predicted octanol–water partition coefficient (Wildman–Crippen LogP) is 0.854. The molecule has 0 radical (unpaired) electrons. The van der Waals surface area contributed by atoms with Crippen LogP contribution in [-0.2, 0) is 0 Å². The first-order chi connectivity index (χ1) is 5.88. The van der Waals surface area contributed by atoms with Crippen molar-refractivity contribution in [3.63, 3.8) is 0 Å². The molecule has 12 heavy (non-hydrogen) atoms. The van der Waals surface area contributed by atoms with Crippen molar-refractivity contribution in [1.29, 1.82) is 0 Å². The zero-order chi connectivity index (χ0) is 8.97. The summed E-state index contributed by atoms with van der Waals surface area (Å²) in [6.45, 7) is 5.87. The molecule has 0 atom stereocenters. The van der Waals surface area contributed by atoms with Crippen molar-refractivity contribution in [2.45, 2.75) is 20.8 Å². The van der Waals surface area contributed by atoms with Gasteiger partial charge in [-0.25, -0.2) is 9.97 Å². The lowest BCUT2D eigenvalue weighted by atomic mass is 10.5. The van der Waals surface area contributed by atoms with E-state index < -0.39 is 0 Å². The molecular formula is C7H11N5. The summed E-state index contributed by atoms with van der Waals surface area (Å²) in [5.41, 5.74) is 1.55. The first-order valence-corrected chi connectivity index (χ1v) is 3.85. The summed E-state index contributed by atoms with van der Waals surface area (Å²) in [6, 6.07) is 0. The highest BCUT2D eigenvalue weighted by Crippen LogP contribution is 1.96. The second-order valence-electron chi connectivity index (χ2n) is 1.92. The summed E-state index contributed by atoms with van der Waals surface area (Å²) < 4.78 is 1.45. The third-order valence-corrected chi connectivity index (χ3v) is 1.27. The Balaban J connectivity index is 0.000000336. The molecule has 0 bridgehead atoms. The smallest absolute Gasteiger partial charge is 0.197 e. The Kier molecular flexibility index (Phi) is 2.68. The minimum atomic E-state index is 0.711. The van der Waals surface area contributed by atoms with Crippen LogP contribution in [0.15, 0.2) is 12.7 Å². The van der Waals surface area contributed by atoms with Crippen molar-refractivity contribution < 1.29 is 0 Å². The highest BCUT2D eigenvalue weighted by Gasteiger charge is 1.97. The van der Waals surface area contributed by atoms with E-state index in [2.05, 4.69) is 20.2 Å². The number of fused-ring (bicyclic) bond motifs is 1. The molecule has 0 fully saturated rings. The van der Waals surface area contributed by atoms with Gasteiger partial charge in [0.25, 0.3) is 0 Å². The molecule has 0 aliphatic carbocycles. The van der Waals surface area contributed by atoms with Gasteiger partial charge in [0, 0.05) is 0 Å². The molecule has 2 aromatic heterocycles. The maximum Gasteiger partial charge on any atom is 0.197 e. The monoisotopic (exact) mass is 165 g/mol. The van der Waals surface area contributed by atoms with E-state index in [-0.39, 0.29) is 0 Å². The maximum atomic E-state index is 3.95. The molecule has 0 aliphatic heterocycles. The van der Waals surface area contributed by atoms with Crippen LogP contribution in [0.4, 0.5) is 0 Å². The molecule has 0 unspecified atom stereocenters. The molecule has 0 saturated carbocycles. The lowest BCUT2D eigenvalue weighted by Gasteiger charge is -1.89. The van der Waals surface area contributed by atoms with E-state index in [1.807, 2.05) is 20.8 Å². The van der Waals surface area contributed by atoms with Crippen molar-refractivity contribution in [2.24, 2.45) is 0 Å². The van der Waals surface area contributed by atoms with Crippen molar-refractivity contribution in [2.75, 3.05) is 0 Å². The number of aromatic nitrogens is 5. The first kappa shape index (κ1) is 8.58. The van der Waals surface area contributed by atoms with E-state index in [9.17, 15) is 0 Å². The van der Waals surface area contributed by atoms with Crippen molar-refractivity contribution in [1.82, 2.24) is 24.8 Å². The van der Waals surface area contributed by atoms with Gasteiger partial charge in [-0.2, -0.15) is 0 Å². The normalized spacial score (nSPS) is 9.25. The van der Waals surface area contributed by atoms with Crippen LogP contribution < -0.4 is 0 Å². The molecule has 0 amide bonds. The van der Waals surface area contributed by atoms with Crippen LogP contribution in [0.5, 0.6) is 0 Å².